The van der Waals surface area contributed by atoms with Gasteiger partial charge in [-0.15, -0.1) is 0 Å². The number of allylic oxidation sites excluding steroid dienone is 2. The first-order chi connectivity index (χ1) is 12.7. The molecular weight excluding hydrogens is 332 g/mol. The van der Waals surface area contributed by atoms with Gasteiger partial charge in [0.05, 0.1) is 13.2 Å². The SMILES string of the molecule is CCCCCCCCCC/C=C/CCCO[C@H]1CO[C@@H]([C@H](O)CO)[C@H]1O. The van der Waals surface area contributed by atoms with Crippen LogP contribution in [0.2, 0.25) is 0 Å². The molecule has 4 atom stereocenters. The van der Waals surface area contributed by atoms with E-state index in [1.807, 2.05) is 0 Å². The number of hydrogen-bond acceptors (Lipinski definition) is 5. The second-order valence-corrected chi connectivity index (χ2v) is 7.32. The van der Waals surface area contributed by atoms with Crippen LogP contribution < -0.4 is 0 Å². The van der Waals surface area contributed by atoms with E-state index in [1.165, 1.54) is 51.4 Å². The van der Waals surface area contributed by atoms with E-state index < -0.39 is 31.0 Å². The molecule has 0 aromatic heterocycles. The van der Waals surface area contributed by atoms with Crippen molar-refractivity contribution in [1.82, 2.24) is 0 Å². The van der Waals surface area contributed by atoms with E-state index in [9.17, 15) is 10.2 Å². The topological polar surface area (TPSA) is 79.2 Å². The molecule has 0 aromatic rings. The van der Waals surface area contributed by atoms with Crippen molar-refractivity contribution < 1.29 is 24.8 Å². The summed E-state index contributed by atoms with van der Waals surface area (Å²) in [6, 6.07) is 0. The van der Waals surface area contributed by atoms with E-state index in [1.54, 1.807) is 0 Å². The van der Waals surface area contributed by atoms with E-state index in [0.29, 0.717) is 6.61 Å². The minimum atomic E-state index is -1.06. The van der Waals surface area contributed by atoms with Gasteiger partial charge in [0, 0.05) is 6.61 Å². The lowest BCUT2D eigenvalue weighted by molar-refractivity contribution is -0.0729. The lowest BCUT2D eigenvalue weighted by atomic mass is 10.1. The summed E-state index contributed by atoms with van der Waals surface area (Å²) in [6.45, 7) is 2.66. The molecule has 5 heteroatoms. The molecule has 1 heterocycles. The Balaban J connectivity index is 1.91. The molecule has 5 nitrogen and oxygen atoms in total. The van der Waals surface area contributed by atoms with Crippen molar-refractivity contribution in [2.45, 2.75) is 102 Å². The lowest BCUT2D eigenvalue weighted by Gasteiger charge is -2.20. The maximum Gasteiger partial charge on any atom is 0.114 e. The predicted octanol–water partition coefficient (Wildman–Crippen LogP) is 3.35. The van der Waals surface area contributed by atoms with E-state index in [0.717, 1.165) is 19.3 Å². The molecule has 0 radical (unpaired) electrons. The molecule has 0 aromatic carbocycles. The predicted molar refractivity (Wildman–Crippen MR) is 104 cm³/mol. The minimum Gasteiger partial charge on any atom is -0.394 e. The van der Waals surface area contributed by atoms with Crippen LogP contribution in [0.15, 0.2) is 12.2 Å². The number of aliphatic hydroxyl groups is 3. The molecule has 0 unspecified atom stereocenters. The Hall–Kier alpha value is -0.460. The van der Waals surface area contributed by atoms with Crippen LogP contribution in [0.5, 0.6) is 0 Å². The molecular formula is C21H40O5. The van der Waals surface area contributed by atoms with Crippen molar-refractivity contribution in [2.24, 2.45) is 0 Å². The molecule has 1 aliphatic heterocycles. The Morgan fingerprint density at radius 1 is 1.00 bits per heavy atom. The van der Waals surface area contributed by atoms with Gasteiger partial charge in [0.2, 0.25) is 0 Å². The Morgan fingerprint density at radius 3 is 2.27 bits per heavy atom. The van der Waals surface area contributed by atoms with Crippen molar-refractivity contribution in [3.8, 4) is 0 Å². The highest BCUT2D eigenvalue weighted by Gasteiger charge is 2.40. The molecule has 26 heavy (non-hydrogen) atoms. The van der Waals surface area contributed by atoms with Crippen molar-refractivity contribution >= 4 is 0 Å². The van der Waals surface area contributed by atoms with Crippen LogP contribution in [0, 0.1) is 0 Å². The zero-order valence-corrected chi connectivity index (χ0v) is 16.5. The first-order valence-electron chi connectivity index (χ1n) is 10.6. The summed E-state index contributed by atoms with van der Waals surface area (Å²) in [5.74, 6) is 0. The molecule has 0 amide bonds. The fourth-order valence-electron chi connectivity index (χ4n) is 3.27. The molecule has 1 rings (SSSR count). The minimum absolute atomic E-state index is 0.261. The molecule has 0 bridgehead atoms. The van der Waals surface area contributed by atoms with E-state index in [2.05, 4.69) is 19.1 Å². The van der Waals surface area contributed by atoms with E-state index in [-0.39, 0.29) is 6.61 Å². The van der Waals surface area contributed by atoms with Crippen molar-refractivity contribution in [1.29, 1.82) is 0 Å². The highest BCUT2D eigenvalue weighted by molar-refractivity contribution is 4.89. The van der Waals surface area contributed by atoms with Crippen LogP contribution >= 0.6 is 0 Å². The normalized spacial score (nSPS) is 24.5. The second-order valence-electron chi connectivity index (χ2n) is 7.32. The maximum absolute atomic E-state index is 10.0. The lowest BCUT2D eigenvalue weighted by Crippen LogP contribution is -2.41. The number of aliphatic hydroxyl groups excluding tert-OH is 3. The fraction of sp³-hybridized carbons (Fsp3) is 0.905. The fourth-order valence-corrected chi connectivity index (χ4v) is 3.27. The largest absolute Gasteiger partial charge is 0.394 e. The van der Waals surface area contributed by atoms with Gasteiger partial charge in [0.1, 0.15) is 24.4 Å². The average Bonchev–Trinajstić information content (AvgIpc) is 3.02. The smallest absolute Gasteiger partial charge is 0.114 e. The quantitative estimate of drug-likeness (QED) is 0.286. The molecule has 0 aliphatic carbocycles. The Bertz CT molecular complexity index is 347. The van der Waals surface area contributed by atoms with Gasteiger partial charge in [0.15, 0.2) is 0 Å². The Morgan fingerprint density at radius 2 is 1.62 bits per heavy atom. The number of hydrogen-bond donors (Lipinski definition) is 3. The van der Waals surface area contributed by atoms with Crippen LogP contribution in [-0.4, -0.2) is 59.6 Å². The third-order valence-electron chi connectivity index (χ3n) is 4.97. The van der Waals surface area contributed by atoms with Gasteiger partial charge >= 0.3 is 0 Å². The Kier molecular flexibility index (Phi) is 14.1. The van der Waals surface area contributed by atoms with Gasteiger partial charge in [0.25, 0.3) is 0 Å². The summed E-state index contributed by atoms with van der Waals surface area (Å²) in [5.41, 5.74) is 0. The van der Waals surface area contributed by atoms with Gasteiger partial charge in [-0.05, 0) is 25.7 Å². The zero-order chi connectivity index (χ0) is 19.0. The highest BCUT2D eigenvalue weighted by Crippen LogP contribution is 2.20. The molecule has 0 saturated carbocycles. The van der Waals surface area contributed by atoms with Gasteiger partial charge < -0.3 is 24.8 Å². The molecule has 0 spiro atoms. The summed E-state index contributed by atoms with van der Waals surface area (Å²) in [5, 5.41) is 28.5. The monoisotopic (exact) mass is 372 g/mol. The third-order valence-corrected chi connectivity index (χ3v) is 4.97. The summed E-state index contributed by atoms with van der Waals surface area (Å²) in [7, 11) is 0. The highest BCUT2D eigenvalue weighted by atomic mass is 16.6. The van der Waals surface area contributed by atoms with Crippen LogP contribution in [0.1, 0.15) is 77.6 Å². The third kappa shape index (κ3) is 10.0. The van der Waals surface area contributed by atoms with Crippen LogP contribution in [0.4, 0.5) is 0 Å². The molecule has 1 fully saturated rings. The van der Waals surface area contributed by atoms with E-state index in [4.69, 9.17) is 14.6 Å². The zero-order valence-electron chi connectivity index (χ0n) is 16.5. The van der Waals surface area contributed by atoms with Crippen molar-refractivity contribution in [2.75, 3.05) is 19.8 Å². The molecule has 1 aliphatic rings. The van der Waals surface area contributed by atoms with Crippen molar-refractivity contribution in [3.63, 3.8) is 0 Å². The number of rotatable bonds is 16. The summed E-state index contributed by atoms with van der Waals surface area (Å²) in [6.07, 6.45) is 15.3. The van der Waals surface area contributed by atoms with Gasteiger partial charge in [-0.25, -0.2) is 0 Å². The van der Waals surface area contributed by atoms with Crippen LogP contribution in [0.3, 0.4) is 0 Å². The Labute approximate surface area is 159 Å². The standard InChI is InChI=1S/C21H40O5/c1-2-3-4-5-6-7-8-9-10-11-12-13-14-15-25-19-17-26-21(20(19)24)18(23)16-22/h11-12,18-24H,2-10,13-17H2,1H3/b12-11+/t18-,19+,20+,21+/m1/s1. The average molecular weight is 373 g/mol. The first kappa shape index (κ1) is 23.6. The second kappa shape index (κ2) is 15.6. The van der Waals surface area contributed by atoms with E-state index >= 15 is 0 Å². The van der Waals surface area contributed by atoms with Gasteiger partial charge in [-0.2, -0.15) is 0 Å². The van der Waals surface area contributed by atoms with Crippen LogP contribution in [0.25, 0.3) is 0 Å². The first-order valence-corrected chi connectivity index (χ1v) is 10.6. The van der Waals surface area contributed by atoms with Crippen LogP contribution in [-0.2, 0) is 9.47 Å². The molecule has 3 N–H and O–H groups in total. The number of ether oxygens (including phenoxy) is 2. The molecule has 154 valence electrons. The van der Waals surface area contributed by atoms with Gasteiger partial charge in [-0.1, -0.05) is 64.0 Å². The maximum atomic E-state index is 10.0. The summed E-state index contributed by atoms with van der Waals surface area (Å²) < 4.78 is 10.9. The number of unbranched alkanes of at least 4 members (excludes halogenated alkanes) is 9. The molecule has 1 saturated heterocycles. The van der Waals surface area contributed by atoms with Gasteiger partial charge in [-0.3, -0.25) is 0 Å². The van der Waals surface area contributed by atoms with Crippen molar-refractivity contribution in [3.05, 3.63) is 12.2 Å². The summed E-state index contributed by atoms with van der Waals surface area (Å²) >= 11 is 0. The summed E-state index contributed by atoms with van der Waals surface area (Å²) in [4.78, 5) is 0.